The monoisotopic (exact) mass is 262 g/mol. The second kappa shape index (κ2) is 5.14. The Balaban J connectivity index is 2.20. The lowest BCUT2D eigenvalue weighted by atomic mass is 10.2. The summed E-state index contributed by atoms with van der Waals surface area (Å²) in [4.78, 5) is 13.9. The first kappa shape index (κ1) is 12.5. The summed E-state index contributed by atoms with van der Waals surface area (Å²) in [5.74, 6) is -0.238. The number of hydrogen-bond donors (Lipinski definition) is 1. The zero-order valence-corrected chi connectivity index (χ0v) is 11.3. The van der Waals surface area contributed by atoms with Gasteiger partial charge in [0.15, 0.2) is 5.69 Å². The van der Waals surface area contributed by atoms with Gasteiger partial charge in [-0.25, -0.2) is 0 Å². The lowest BCUT2D eigenvalue weighted by Crippen LogP contribution is -2.17. The first-order valence-corrected chi connectivity index (χ1v) is 6.23. The largest absolute Gasteiger partial charge is 0.366 e. The molecule has 6 heteroatoms. The van der Waals surface area contributed by atoms with Crippen LogP contribution in [0, 0.1) is 6.92 Å². The minimum Gasteiger partial charge on any atom is -0.366 e. The summed E-state index contributed by atoms with van der Waals surface area (Å²) >= 11 is 1.20. The number of rotatable bonds is 3. The molecular weight excluding hydrogens is 248 g/mol. The summed E-state index contributed by atoms with van der Waals surface area (Å²) in [6.45, 7) is 1.98. The third-order valence-electron chi connectivity index (χ3n) is 2.37. The molecule has 0 atom stereocenters. The van der Waals surface area contributed by atoms with E-state index >= 15 is 0 Å². The standard InChI is InChI=1S/C12H14N4OS/c1-8-5-4-6-9(7-8)13-11(17)10-12(16(2)3)18-15-14-10/h4-7H,1-3H3,(H,13,17). The molecule has 1 N–H and O–H groups in total. The number of aromatic nitrogens is 2. The van der Waals surface area contributed by atoms with E-state index < -0.39 is 0 Å². The Kier molecular flexibility index (Phi) is 3.57. The van der Waals surface area contributed by atoms with Crippen LogP contribution in [0.1, 0.15) is 16.1 Å². The minimum absolute atomic E-state index is 0.238. The van der Waals surface area contributed by atoms with Crippen molar-refractivity contribution in [3.8, 4) is 0 Å². The Morgan fingerprint density at radius 1 is 1.39 bits per heavy atom. The van der Waals surface area contributed by atoms with Crippen molar-refractivity contribution < 1.29 is 4.79 Å². The van der Waals surface area contributed by atoms with E-state index in [1.54, 1.807) is 0 Å². The number of amides is 1. The Morgan fingerprint density at radius 2 is 2.17 bits per heavy atom. The maximum absolute atomic E-state index is 12.1. The topological polar surface area (TPSA) is 58.1 Å². The summed E-state index contributed by atoms with van der Waals surface area (Å²) in [6, 6.07) is 7.63. The van der Waals surface area contributed by atoms with E-state index in [9.17, 15) is 4.79 Å². The van der Waals surface area contributed by atoms with Gasteiger partial charge in [0.25, 0.3) is 5.91 Å². The van der Waals surface area contributed by atoms with Gasteiger partial charge in [0.1, 0.15) is 5.00 Å². The molecule has 0 fully saturated rings. The maximum atomic E-state index is 12.1. The molecule has 0 unspecified atom stereocenters. The van der Waals surface area contributed by atoms with Gasteiger partial charge in [-0.05, 0) is 24.6 Å². The smallest absolute Gasteiger partial charge is 0.279 e. The second-order valence-electron chi connectivity index (χ2n) is 4.14. The molecule has 0 spiro atoms. The first-order chi connectivity index (χ1) is 8.58. The Morgan fingerprint density at radius 3 is 2.83 bits per heavy atom. The fourth-order valence-electron chi connectivity index (χ4n) is 1.54. The average Bonchev–Trinajstić information content (AvgIpc) is 2.77. The molecule has 0 aliphatic heterocycles. The molecule has 1 amide bonds. The summed E-state index contributed by atoms with van der Waals surface area (Å²) in [7, 11) is 3.72. The fraction of sp³-hybridized carbons (Fsp3) is 0.250. The molecule has 0 aliphatic carbocycles. The molecule has 0 radical (unpaired) electrons. The van der Waals surface area contributed by atoms with Crippen LogP contribution in [0.4, 0.5) is 10.7 Å². The highest BCUT2D eigenvalue weighted by Gasteiger charge is 2.17. The number of aryl methyl sites for hydroxylation is 1. The number of carbonyl (C=O) groups excluding carboxylic acids is 1. The van der Waals surface area contributed by atoms with Crippen molar-refractivity contribution in [2.45, 2.75) is 6.92 Å². The zero-order chi connectivity index (χ0) is 13.1. The quantitative estimate of drug-likeness (QED) is 0.921. The SMILES string of the molecule is Cc1cccc(NC(=O)c2nnsc2N(C)C)c1. The molecule has 94 valence electrons. The van der Waals surface area contributed by atoms with Gasteiger partial charge in [-0.2, -0.15) is 0 Å². The van der Waals surface area contributed by atoms with E-state index in [4.69, 9.17) is 0 Å². The predicted molar refractivity (Wildman–Crippen MR) is 73.4 cm³/mol. The molecule has 1 aromatic carbocycles. The van der Waals surface area contributed by atoms with Crippen LogP contribution < -0.4 is 10.2 Å². The van der Waals surface area contributed by atoms with Crippen molar-refractivity contribution in [1.29, 1.82) is 0 Å². The van der Waals surface area contributed by atoms with E-state index in [-0.39, 0.29) is 5.91 Å². The van der Waals surface area contributed by atoms with E-state index in [2.05, 4.69) is 14.9 Å². The molecular formula is C12H14N4OS. The van der Waals surface area contributed by atoms with Crippen molar-refractivity contribution >= 4 is 28.1 Å². The summed E-state index contributed by atoms with van der Waals surface area (Å²) in [5.41, 5.74) is 2.21. The number of nitrogens with one attached hydrogen (secondary N) is 1. The van der Waals surface area contributed by atoms with E-state index in [1.165, 1.54) is 11.5 Å². The molecule has 2 aromatic rings. The van der Waals surface area contributed by atoms with E-state index in [0.29, 0.717) is 5.69 Å². The van der Waals surface area contributed by atoms with Crippen molar-refractivity contribution in [3.05, 3.63) is 35.5 Å². The number of hydrogen-bond acceptors (Lipinski definition) is 5. The highest BCUT2D eigenvalue weighted by atomic mass is 32.1. The molecule has 0 saturated heterocycles. The molecule has 1 aromatic heterocycles. The number of carbonyl (C=O) groups is 1. The highest BCUT2D eigenvalue weighted by molar-refractivity contribution is 7.10. The second-order valence-corrected chi connectivity index (χ2v) is 4.88. The van der Waals surface area contributed by atoms with Gasteiger partial charge in [0.2, 0.25) is 0 Å². The number of nitrogens with zero attached hydrogens (tertiary/aromatic N) is 3. The lowest BCUT2D eigenvalue weighted by Gasteiger charge is -2.10. The van der Waals surface area contributed by atoms with Gasteiger partial charge in [-0.1, -0.05) is 16.6 Å². The number of benzene rings is 1. The van der Waals surface area contributed by atoms with Crippen LogP contribution in [0.15, 0.2) is 24.3 Å². The molecule has 0 aliphatic rings. The molecule has 1 heterocycles. The van der Waals surface area contributed by atoms with Crippen molar-refractivity contribution in [1.82, 2.24) is 9.59 Å². The zero-order valence-electron chi connectivity index (χ0n) is 10.5. The van der Waals surface area contributed by atoms with Crippen LogP contribution in [-0.2, 0) is 0 Å². The minimum atomic E-state index is -0.238. The average molecular weight is 262 g/mol. The van der Waals surface area contributed by atoms with Gasteiger partial charge >= 0.3 is 0 Å². The Bertz CT molecular complexity index is 565. The molecule has 2 rings (SSSR count). The van der Waals surface area contributed by atoms with E-state index in [1.807, 2.05) is 50.2 Å². The van der Waals surface area contributed by atoms with Crippen molar-refractivity contribution in [2.24, 2.45) is 0 Å². The van der Waals surface area contributed by atoms with Gasteiger partial charge in [-0.15, -0.1) is 5.10 Å². The summed E-state index contributed by atoms with van der Waals surface area (Å²) < 4.78 is 3.81. The van der Waals surface area contributed by atoms with Crippen LogP contribution in [0.3, 0.4) is 0 Å². The third kappa shape index (κ3) is 2.65. The van der Waals surface area contributed by atoms with Crippen LogP contribution in [0.5, 0.6) is 0 Å². The summed E-state index contributed by atoms with van der Waals surface area (Å²) in [5, 5.41) is 7.44. The highest BCUT2D eigenvalue weighted by Crippen LogP contribution is 2.21. The van der Waals surface area contributed by atoms with Gasteiger partial charge in [0, 0.05) is 31.3 Å². The fourth-order valence-corrected chi connectivity index (χ4v) is 2.12. The lowest BCUT2D eigenvalue weighted by molar-refractivity contribution is 0.102. The Hall–Kier alpha value is -1.95. The van der Waals surface area contributed by atoms with Gasteiger partial charge in [0.05, 0.1) is 0 Å². The van der Waals surface area contributed by atoms with Crippen LogP contribution in [0.25, 0.3) is 0 Å². The third-order valence-corrected chi connectivity index (χ3v) is 3.26. The van der Waals surface area contributed by atoms with Crippen LogP contribution >= 0.6 is 11.5 Å². The van der Waals surface area contributed by atoms with Crippen molar-refractivity contribution in [2.75, 3.05) is 24.3 Å². The van der Waals surface area contributed by atoms with E-state index in [0.717, 1.165) is 16.3 Å². The maximum Gasteiger partial charge on any atom is 0.279 e. The molecule has 0 bridgehead atoms. The first-order valence-electron chi connectivity index (χ1n) is 5.45. The predicted octanol–water partition coefficient (Wildman–Crippen LogP) is 2.16. The molecule has 18 heavy (non-hydrogen) atoms. The number of anilines is 2. The van der Waals surface area contributed by atoms with Crippen LogP contribution in [0.2, 0.25) is 0 Å². The van der Waals surface area contributed by atoms with Crippen LogP contribution in [-0.4, -0.2) is 29.6 Å². The summed E-state index contributed by atoms with van der Waals surface area (Å²) in [6.07, 6.45) is 0. The Labute approximate surface area is 110 Å². The van der Waals surface area contributed by atoms with Gasteiger partial charge < -0.3 is 10.2 Å². The normalized spacial score (nSPS) is 10.2. The molecule has 5 nitrogen and oxygen atoms in total. The molecule has 0 saturated carbocycles. The van der Waals surface area contributed by atoms with Crippen molar-refractivity contribution in [3.63, 3.8) is 0 Å². The van der Waals surface area contributed by atoms with Gasteiger partial charge in [-0.3, -0.25) is 4.79 Å².